The Kier molecular flexibility index (Phi) is 9.38. The predicted molar refractivity (Wildman–Crippen MR) is 162 cm³/mol. The maximum atomic E-state index is 13.5. The van der Waals surface area contributed by atoms with Gasteiger partial charge in [0.05, 0.1) is 19.6 Å². The van der Waals surface area contributed by atoms with Gasteiger partial charge in [0.1, 0.15) is 11.6 Å². The second kappa shape index (κ2) is 12.8. The number of fused-ring (bicyclic) bond motifs is 5. The van der Waals surface area contributed by atoms with Gasteiger partial charge in [-0.3, -0.25) is 19.2 Å². The van der Waals surface area contributed by atoms with Crippen molar-refractivity contribution in [3.8, 4) is 0 Å². The highest BCUT2D eigenvalue weighted by Crippen LogP contribution is 2.67. The number of esters is 2. The lowest BCUT2D eigenvalue weighted by Crippen LogP contribution is -2.62. The Morgan fingerprint density at radius 3 is 2.49 bits per heavy atom. The first kappa shape index (κ1) is 33.0. The van der Waals surface area contributed by atoms with Crippen molar-refractivity contribution in [3.63, 3.8) is 0 Å². The zero-order chi connectivity index (χ0) is 32.6. The normalized spacial score (nSPS) is 34.3. The summed E-state index contributed by atoms with van der Waals surface area (Å²) in [6.07, 6.45) is 4.51. The SMILES string of the molecule is COC(=O)[C@H](Cc1ccccc1)NC(=O)CCC(=O)OCC(=O)[C@@]1(O)CC[C@@H]2[C@@H]3CCC4=CC(=O)CC[C@]4(C)[C@@H]3[C@@H](O)C[C@@]21C. The van der Waals surface area contributed by atoms with Gasteiger partial charge in [-0.05, 0) is 73.3 Å². The third-order valence-corrected chi connectivity index (χ3v) is 11.5. The van der Waals surface area contributed by atoms with Crippen molar-refractivity contribution in [2.75, 3.05) is 13.7 Å². The number of Topliss-reactive ketones (excluding diaryl/α,β-unsaturated/α-hetero) is 1. The van der Waals surface area contributed by atoms with Crippen molar-refractivity contribution in [1.82, 2.24) is 5.32 Å². The molecule has 1 amide bonds. The van der Waals surface area contributed by atoms with E-state index in [0.29, 0.717) is 19.3 Å². The summed E-state index contributed by atoms with van der Waals surface area (Å²) in [5.41, 5.74) is -0.975. The number of ether oxygens (including phenoxy) is 2. The fourth-order valence-electron chi connectivity index (χ4n) is 9.16. The lowest BCUT2D eigenvalue weighted by atomic mass is 9.45. The molecule has 244 valence electrons. The van der Waals surface area contributed by atoms with Gasteiger partial charge in [0.15, 0.2) is 12.4 Å². The quantitative estimate of drug-likeness (QED) is 0.334. The first-order valence-corrected chi connectivity index (χ1v) is 16.1. The third kappa shape index (κ3) is 6.11. The molecule has 5 rings (SSSR count). The van der Waals surface area contributed by atoms with Crippen LogP contribution in [-0.2, 0) is 39.9 Å². The number of benzene rings is 1. The van der Waals surface area contributed by atoms with Crippen LogP contribution >= 0.6 is 0 Å². The largest absolute Gasteiger partial charge is 0.467 e. The van der Waals surface area contributed by atoms with Crippen LogP contribution < -0.4 is 5.32 Å². The van der Waals surface area contributed by atoms with Crippen molar-refractivity contribution < 1.29 is 43.7 Å². The molecule has 1 aromatic carbocycles. The molecule has 0 heterocycles. The van der Waals surface area contributed by atoms with E-state index in [9.17, 15) is 34.2 Å². The van der Waals surface area contributed by atoms with Gasteiger partial charge in [0.25, 0.3) is 0 Å². The molecule has 8 atom stereocenters. The van der Waals surface area contributed by atoms with Crippen LogP contribution in [0, 0.1) is 28.6 Å². The molecule has 0 saturated heterocycles. The standard InChI is InChI=1S/C35H45NO9/c1-33-15-13-23(37)18-22(33)9-10-24-25-14-16-35(43,34(25,2)19-27(38)31(24)33)28(39)20-45-30(41)12-11-29(40)36-26(32(42)44-3)17-21-7-5-4-6-8-21/h4-8,18,24-27,31,38,43H,9-17,19-20H2,1-3H3,(H,36,40)/t24-,25+,26-,27-,31-,33-,34-,35-/m0/s1. The highest BCUT2D eigenvalue weighted by molar-refractivity contribution is 5.92. The number of hydrogen-bond donors (Lipinski definition) is 3. The lowest BCUT2D eigenvalue weighted by molar-refractivity contribution is -0.184. The minimum Gasteiger partial charge on any atom is -0.467 e. The second-order valence-electron chi connectivity index (χ2n) is 13.9. The molecule has 45 heavy (non-hydrogen) atoms. The number of carbonyl (C=O) groups excluding carboxylic acids is 5. The zero-order valence-electron chi connectivity index (χ0n) is 26.4. The zero-order valence-corrected chi connectivity index (χ0v) is 26.4. The number of allylic oxidation sites excluding steroid dienone is 1. The highest BCUT2D eigenvalue weighted by Gasteiger charge is 2.68. The molecule has 1 aromatic rings. The van der Waals surface area contributed by atoms with E-state index in [0.717, 1.165) is 24.0 Å². The van der Waals surface area contributed by atoms with Gasteiger partial charge < -0.3 is 25.0 Å². The number of rotatable bonds is 10. The lowest BCUT2D eigenvalue weighted by Gasteiger charge is -2.60. The van der Waals surface area contributed by atoms with Crippen LogP contribution in [0.25, 0.3) is 0 Å². The van der Waals surface area contributed by atoms with E-state index < -0.39 is 53.4 Å². The number of methoxy groups -OCH3 is 1. The smallest absolute Gasteiger partial charge is 0.328 e. The van der Waals surface area contributed by atoms with E-state index >= 15 is 0 Å². The van der Waals surface area contributed by atoms with Gasteiger partial charge in [-0.15, -0.1) is 0 Å². The van der Waals surface area contributed by atoms with Gasteiger partial charge >= 0.3 is 11.9 Å². The first-order valence-electron chi connectivity index (χ1n) is 16.1. The van der Waals surface area contributed by atoms with Gasteiger partial charge in [-0.2, -0.15) is 0 Å². The predicted octanol–water partition coefficient (Wildman–Crippen LogP) is 3.01. The molecule has 0 unspecified atom stereocenters. The molecule has 3 saturated carbocycles. The van der Waals surface area contributed by atoms with Crippen LogP contribution in [0.1, 0.15) is 77.2 Å². The van der Waals surface area contributed by atoms with E-state index in [2.05, 4.69) is 12.2 Å². The summed E-state index contributed by atoms with van der Waals surface area (Å²) < 4.78 is 10.0. The molecule has 0 bridgehead atoms. The van der Waals surface area contributed by atoms with E-state index in [4.69, 9.17) is 9.47 Å². The average Bonchev–Trinajstić information content (AvgIpc) is 3.29. The molecule has 0 aliphatic heterocycles. The summed E-state index contributed by atoms with van der Waals surface area (Å²) in [7, 11) is 1.23. The molecule has 0 aromatic heterocycles. The number of aliphatic hydroxyl groups excluding tert-OH is 1. The van der Waals surface area contributed by atoms with Crippen molar-refractivity contribution in [1.29, 1.82) is 0 Å². The number of carbonyl (C=O) groups is 5. The van der Waals surface area contributed by atoms with Crippen LogP contribution in [-0.4, -0.2) is 71.1 Å². The monoisotopic (exact) mass is 623 g/mol. The number of hydrogen-bond acceptors (Lipinski definition) is 9. The Balaban J connectivity index is 1.16. The van der Waals surface area contributed by atoms with Gasteiger partial charge in [0.2, 0.25) is 11.7 Å². The molecule has 3 N–H and O–H groups in total. The van der Waals surface area contributed by atoms with Crippen molar-refractivity contribution in [2.24, 2.45) is 28.6 Å². The molecular formula is C35H45NO9. The molecule has 0 radical (unpaired) electrons. The summed E-state index contributed by atoms with van der Waals surface area (Å²) in [6, 6.07) is 8.21. The van der Waals surface area contributed by atoms with Gasteiger partial charge in [0, 0.05) is 24.7 Å². The second-order valence-corrected chi connectivity index (χ2v) is 13.9. The summed E-state index contributed by atoms with van der Waals surface area (Å²) in [5.74, 6) is -2.31. The van der Waals surface area contributed by atoms with Crippen LogP contribution in [0.5, 0.6) is 0 Å². The molecule has 4 aliphatic rings. The van der Waals surface area contributed by atoms with E-state index in [1.165, 1.54) is 7.11 Å². The van der Waals surface area contributed by atoms with Crippen molar-refractivity contribution >= 4 is 29.4 Å². The molecule has 3 fully saturated rings. The summed E-state index contributed by atoms with van der Waals surface area (Å²) in [6.45, 7) is 3.40. The number of aliphatic hydroxyl groups is 2. The van der Waals surface area contributed by atoms with E-state index in [1.54, 1.807) is 6.08 Å². The summed E-state index contributed by atoms with van der Waals surface area (Å²) in [4.78, 5) is 63.0. The Morgan fingerprint density at radius 1 is 1.04 bits per heavy atom. The van der Waals surface area contributed by atoms with Crippen molar-refractivity contribution in [2.45, 2.75) is 95.8 Å². The van der Waals surface area contributed by atoms with Crippen molar-refractivity contribution in [3.05, 3.63) is 47.5 Å². The fourth-order valence-corrected chi connectivity index (χ4v) is 9.16. The number of nitrogens with one attached hydrogen (secondary N) is 1. The van der Waals surface area contributed by atoms with Crippen LogP contribution in [0.3, 0.4) is 0 Å². The van der Waals surface area contributed by atoms with Gasteiger partial charge in [-0.1, -0.05) is 49.8 Å². The van der Waals surface area contributed by atoms with Crippen LogP contribution in [0.2, 0.25) is 0 Å². The molecule has 10 nitrogen and oxygen atoms in total. The minimum atomic E-state index is -1.76. The fraction of sp³-hybridized carbons (Fsp3) is 0.629. The van der Waals surface area contributed by atoms with Crippen LogP contribution in [0.4, 0.5) is 0 Å². The van der Waals surface area contributed by atoms with Crippen LogP contribution in [0.15, 0.2) is 42.0 Å². The number of ketones is 2. The maximum absolute atomic E-state index is 13.5. The highest BCUT2D eigenvalue weighted by atomic mass is 16.5. The Labute approximate surface area is 263 Å². The Morgan fingerprint density at radius 2 is 1.78 bits per heavy atom. The molecule has 0 spiro atoms. The van der Waals surface area contributed by atoms with E-state index in [1.807, 2.05) is 37.3 Å². The molecular weight excluding hydrogens is 578 g/mol. The Bertz CT molecular complexity index is 1370. The van der Waals surface area contributed by atoms with E-state index in [-0.39, 0.29) is 61.1 Å². The van der Waals surface area contributed by atoms with Gasteiger partial charge in [-0.25, -0.2) is 4.79 Å². The number of amides is 1. The minimum absolute atomic E-state index is 0.00823. The Hall–Kier alpha value is -3.37. The topological polar surface area (TPSA) is 156 Å². The summed E-state index contributed by atoms with van der Waals surface area (Å²) in [5, 5.41) is 26.0. The molecule has 10 heteroatoms. The molecule has 4 aliphatic carbocycles. The summed E-state index contributed by atoms with van der Waals surface area (Å²) >= 11 is 0. The third-order valence-electron chi connectivity index (χ3n) is 11.5. The maximum Gasteiger partial charge on any atom is 0.328 e. The first-order chi connectivity index (χ1) is 21.3. The average molecular weight is 624 g/mol.